The zero-order valence-electron chi connectivity index (χ0n) is 22.3. The molecule has 1 aliphatic heterocycles. The van der Waals surface area contributed by atoms with E-state index in [-0.39, 0.29) is 5.56 Å². The van der Waals surface area contributed by atoms with Crippen LogP contribution in [0.4, 0.5) is 5.69 Å². The summed E-state index contributed by atoms with van der Waals surface area (Å²) in [6.45, 7) is 6.20. The normalized spacial score (nSPS) is 15.2. The fourth-order valence-corrected chi connectivity index (χ4v) is 5.39. The van der Waals surface area contributed by atoms with Gasteiger partial charge in [-0.1, -0.05) is 6.07 Å². The molecule has 41 heavy (non-hydrogen) atoms. The van der Waals surface area contributed by atoms with E-state index in [0.717, 1.165) is 62.2 Å². The molecule has 1 saturated heterocycles. The molecule has 3 heterocycles. The van der Waals surface area contributed by atoms with Gasteiger partial charge in [-0.2, -0.15) is 0 Å². The number of ether oxygens (including phenoxy) is 1. The molecule has 0 spiro atoms. The number of carboxylic acid groups (broad SMARTS) is 2. The van der Waals surface area contributed by atoms with Crippen LogP contribution in [0.25, 0.3) is 21.0 Å². The number of aliphatic carboxylic acids is 2. The van der Waals surface area contributed by atoms with Crippen molar-refractivity contribution in [2.24, 2.45) is 0 Å². The molecule has 218 valence electrons. The van der Waals surface area contributed by atoms with E-state index in [0.29, 0.717) is 6.61 Å². The molecule has 1 aliphatic rings. The summed E-state index contributed by atoms with van der Waals surface area (Å²) in [5, 5.41) is 37.1. The maximum atomic E-state index is 11.5. The number of aromatic nitrogens is 1. The van der Waals surface area contributed by atoms with Gasteiger partial charge in [0.1, 0.15) is 5.75 Å². The topological polar surface area (TPSA) is 164 Å². The molecule has 12 heteroatoms. The lowest BCUT2D eigenvalue weighted by molar-refractivity contribution is -0.165. The Morgan fingerprint density at radius 1 is 0.927 bits per heavy atom. The number of benzene rings is 2. The van der Waals surface area contributed by atoms with E-state index in [2.05, 4.69) is 44.4 Å². The number of nitrogens with zero attached hydrogens (tertiary/aromatic N) is 2. The van der Waals surface area contributed by atoms with Crippen molar-refractivity contribution < 1.29 is 34.8 Å². The molecule has 1 fully saturated rings. The molecular weight excluding hydrogens is 550 g/mol. The van der Waals surface area contributed by atoms with Crippen LogP contribution in [0.5, 0.6) is 5.75 Å². The molecule has 4 aromatic rings. The zero-order valence-corrected chi connectivity index (χ0v) is 23.1. The molecule has 0 aliphatic carbocycles. The number of hydrogen-bond acceptors (Lipinski definition) is 9. The zero-order chi connectivity index (χ0) is 29.4. The van der Waals surface area contributed by atoms with Crippen molar-refractivity contribution in [2.45, 2.75) is 25.0 Å². The molecule has 2 aromatic heterocycles. The lowest BCUT2D eigenvalue weighted by Crippen LogP contribution is -2.46. The highest BCUT2D eigenvalue weighted by molar-refractivity contribution is 7.17. The Balaban J connectivity index is 0.000000334. The Bertz CT molecular complexity index is 1510. The van der Waals surface area contributed by atoms with Crippen molar-refractivity contribution in [2.75, 3.05) is 44.2 Å². The Kier molecular flexibility index (Phi) is 10.3. The van der Waals surface area contributed by atoms with Crippen molar-refractivity contribution in [3.05, 3.63) is 70.3 Å². The van der Waals surface area contributed by atoms with Crippen LogP contribution in [0.15, 0.2) is 64.8 Å². The molecule has 0 bridgehead atoms. The smallest absolute Gasteiger partial charge is 0.335 e. The van der Waals surface area contributed by atoms with E-state index in [1.165, 1.54) is 15.8 Å². The van der Waals surface area contributed by atoms with Crippen LogP contribution >= 0.6 is 11.3 Å². The second-order valence-corrected chi connectivity index (χ2v) is 10.6. The van der Waals surface area contributed by atoms with Gasteiger partial charge in [0.25, 0.3) is 0 Å². The number of pyridine rings is 1. The number of H-pyrrole nitrogens is 1. The highest BCUT2D eigenvalue weighted by Crippen LogP contribution is 2.31. The quantitative estimate of drug-likeness (QED) is 0.175. The van der Waals surface area contributed by atoms with Gasteiger partial charge in [-0.3, -0.25) is 9.69 Å². The molecule has 0 unspecified atom stereocenters. The second kappa shape index (κ2) is 14.1. The lowest BCUT2D eigenvalue weighted by atomic mass is 10.2. The van der Waals surface area contributed by atoms with Crippen molar-refractivity contribution in [1.82, 2.24) is 9.88 Å². The third kappa shape index (κ3) is 8.04. The number of piperazine rings is 1. The first kappa shape index (κ1) is 30.0. The number of carboxylic acids is 2. The van der Waals surface area contributed by atoms with E-state index in [9.17, 15) is 14.4 Å². The average molecular weight is 584 g/mol. The first-order chi connectivity index (χ1) is 19.7. The predicted molar refractivity (Wildman–Crippen MR) is 157 cm³/mol. The van der Waals surface area contributed by atoms with Gasteiger partial charge < -0.3 is 35.0 Å². The van der Waals surface area contributed by atoms with Crippen LogP contribution in [0.1, 0.15) is 12.8 Å². The summed E-state index contributed by atoms with van der Waals surface area (Å²) in [6.07, 6.45) is -2.38. The summed E-state index contributed by atoms with van der Waals surface area (Å²) in [4.78, 5) is 39.0. The third-order valence-corrected chi connectivity index (χ3v) is 7.71. The monoisotopic (exact) mass is 583 g/mol. The molecule has 11 nitrogen and oxygen atoms in total. The minimum absolute atomic E-state index is 0.0863. The van der Waals surface area contributed by atoms with Crippen LogP contribution in [-0.4, -0.2) is 93.8 Å². The first-order valence-corrected chi connectivity index (χ1v) is 14.1. The van der Waals surface area contributed by atoms with Gasteiger partial charge >= 0.3 is 11.9 Å². The lowest BCUT2D eigenvalue weighted by Gasteiger charge is -2.36. The number of hydrogen-bond donors (Lipinski definition) is 5. The van der Waals surface area contributed by atoms with Crippen LogP contribution < -0.4 is 15.2 Å². The third-order valence-electron chi connectivity index (χ3n) is 6.83. The summed E-state index contributed by atoms with van der Waals surface area (Å²) in [6, 6.07) is 18.1. The van der Waals surface area contributed by atoms with E-state index < -0.39 is 24.1 Å². The number of thiophene rings is 1. The molecular formula is C29H33N3O8S. The van der Waals surface area contributed by atoms with Crippen molar-refractivity contribution in [1.29, 1.82) is 0 Å². The predicted octanol–water partition coefficient (Wildman–Crippen LogP) is 2.60. The molecule has 0 radical (unpaired) electrons. The Morgan fingerprint density at radius 3 is 2.34 bits per heavy atom. The number of rotatable bonds is 10. The minimum Gasteiger partial charge on any atom is -0.494 e. The number of carbonyl (C=O) groups is 2. The number of aliphatic hydroxyl groups excluding tert-OH is 2. The number of aliphatic hydroxyl groups is 2. The van der Waals surface area contributed by atoms with Gasteiger partial charge in [0, 0.05) is 54.1 Å². The number of aromatic amines is 1. The highest BCUT2D eigenvalue weighted by Gasteiger charge is 2.29. The van der Waals surface area contributed by atoms with Crippen molar-refractivity contribution in [3.63, 3.8) is 0 Å². The average Bonchev–Trinajstić information content (AvgIpc) is 3.46. The van der Waals surface area contributed by atoms with E-state index >= 15 is 0 Å². The SMILES string of the molecule is O=C(O)[C@H](O)[C@@H](O)C(=O)O.O=c1ccc2ccc(OCCCCN3CCN(c4cccc5sccc45)CC3)cc2[nH]1. The fraction of sp³-hybridized carbons (Fsp3) is 0.345. The summed E-state index contributed by atoms with van der Waals surface area (Å²) < 4.78 is 7.28. The number of nitrogens with one attached hydrogen (secondary N) is 1. The minimum atomic E-state index is -2.27. The first-order valence-electron chi connectivity index (χ1n) is 13.2. The molecule has 2 atom stereocenters. The maximum Gasteiger partial charge on any atom is 0.335 e. The van der Waals surface area contributed by atoms with Crippen LogP contribution in [-0.2, 0) is 9.59 Å². The molecule has 0 amide bonds. The van der Waals surface area contributed by atoms with Gasteiger partial charge in [-0.15, -0.1) is 11.3 Å². The highest BCUT2D eigenvalue weighted by atomic mass is 32.1. The Labute approximate surface area is 239 Å². The number of fused-ring (bicyclic) bond motifs is 2. The van der Waals surface area contributed by atoms with Crippen LogP contribution in [0.2, 0.25) is 0 Å². The maximum absolute atomic E-state index is 11.5. The molecule has 2 aromatic carbocycles. The van der Waals surface area contributed by atoms with Crippen molar-refractivity contribution >= 4 is 50.0 Å². The molecule has 5 rings (SSSR count). The van der Waals surface area contributed by atoms with E-state index in [1.54, 1.807) is 6.07 Å². The molecule has 0 saturated carbocycles. The van der Waals surface area contributed by atoms with E-state index in [1.807, 2.05) is 35.6 Å². The summed E-state index contributed by atoms with van der Waals surface area (Å²) in [7, 11) is 0. The number of unbranched alkanes of at least 4 members (excludes halogenated alkanes) is 1. The molecule has 5 N–H and O–H groups in total. The van der Waals surface area contributed by atoms with Gasteiger partial charge in [0.05, 0.1) is 12.1 Å². The van der Waals surface area contributed by atoms with Gasteiger partial charge in [0.15, 0.2) is 12.2 Å². The second-order valence-electron chi connectivity index (χ2n) is 9.63. The Morgan fingerprint density at radius 2 is 1.63 bits per heavy atom. The van der Waals surface area contributed by atoms with Gasteiger partial charge in [0.2, 0.25) is 5.56 Å². The van der Waals surface area contributed by atoms with Gasteiger partial charge in [-0.05, 0) is 66.6 Å². The van der Waals surface area contributed by atoms with Crippen molar-refractivity contribution in [3.8, 4) is 5.75 Å². The van der Waals surface area contributed by atoms with Gasteiger partial charge in [-0.25, -0.2) is 9.59 Å². The summed E-state index contributed by atoms with van der Waals surface area (Å²) in [5.41, 5.74) is 2.11. The standard InChI is InChI=1S/C25H27N3O2S.C4H6O6/c29-25-9-7-19-6-8-20(18-22(19)26-25)30-16-2-1-11-27-12-14-28(15-13-27)23-4-3-5-24-21(23)10-17-31-24;5-1(3(7)8)2(6)4(9)10/h3-10,17-18H,1-2,11-16H2,(H,26,29);1-2,5-6H,(H,7,8)(H,9,10)/t;1-,2-/m.1/s1. The largest absolute Gasteiger partial charge is 0.494 e. The summed E-state index contributed by atoms with van der Waals surface area (Å²) >= 11 is 1.82. The van der Waals surface area contributed by atoms with E-state index in [4.69, 9.17) is 25.2 Å². The Hall–Kier alpha value is -3.97. The number of anilines is 1. The van der Waals surface area contributed by atoms with Crippen LogP contribution in [0, 0.1) is 0 Å². The fourth-order valence-electron chi connectivity index (χ4n) is 4.58. The summed E-state index contributed by atoms with van der Waals surface area (Å²) in [5.74, 6) is -2.73. The van der Waals surface area contributed by atoms with Crippen LogP contribution in [0.3, 0.4) is 0 Å².